The number of carbonyl (C=O) groups is 3. The average Bonchev–Trinajstić information content (AvgIpc) is 2.89. The molecule has 2 bridgehead atoms. The number of hydrogen-bond acceptors (Lipinski definition) is 4. The first kappa shape index (κ1) is 14.1. The van der Waals surface area contributed by atoms with Gasteiger partial charge in [-0.25, -0.2) is 4.79 Å². The molecule has 0 aliphatic heterocycles. The molecule has 0 amide bonds. The van der Waals surface area contributed by atoms with Gasteiger partial charge in [0.2, 0.25) is 0 Å². The minimum Gasteiger partial charge on any atom is -0.481 e. The number of methoxy groups -OCH3 is 1. The van der Waals surface area contributed by atoms with Crippen LogP contribution in [0.4, 0.5) is 0 Å². The summed E-state index contributed by atoms with van der Waals surface area (Å²) in [6, 6.07) is 0. The van der Waals surface area contributed by atoms with Crippen molar-refractivity contribution in [2.45, 2.75) is 19.8 Å². The van der Waals surface area contributed by atoms with E-state index in [1.807, 2.05) is 6.92 Å². The van der Waals surface area contributed by atoms with Crippen LogP contribution in [0.15, 0.2) is 11.1 Å². The van der Waals surface area contributed by atoms with Crippen molar-refractivity contribution >= 4 is 17.9 Å². The van der Waals surface area contributed by atoms with Crippen LogP contribution in [-0.2, 0) is 19.1 Å². The van der Waals surface area contributed by atoms with Crippen molar-refractivity contribution in [1.29, 1.82) is 0 Å². The number of carboxylic acids is 2. The highest BCUT2D eigenvalue weighted by atomic mass is 16.5. The van der Waals surface area contributed by atoms with Crippen molar-refractivity contribution < 1.29 is 29.3 Å². The van der Waals surface area contributed by atoms with Gasteiger partial charge in [-0.05, 0) is 37.0 Å². The number of rotatable bonds is 4. The first-order valence-corrected chi connectivity index (χ1v) is 7.12. The van der Waals surface area contributed by atoms with Crippen LogP contribution in [-0.4, -0.2) is 35.2 Å². The summed E-state index contributed by atoms with van der Waals surface area (Å²) in [6.07, 6.45) is 0.588. The van der Waals surface area contributed by atoms with Gasteiger partial charge < -0.3 is 14.9 Å². The molecule has 3 aliphatic carbocycles. The molecule has 0 radical (unpaired) electrons. The second kappa shape index (κ2) is 4.58. The molecule has 0 heterocycles. The van der Waals surface area contributed by atoms with Crippen molar-refractivity contribution in [2.24, 2.45) is 35.5 Å². The second-order valence-corrected chi connectivity index (χ2v) is 6.33. The Kier molecular flexibility index (Phi) is 3.07. The van der Waals surface area contributed by atoms with E-state index in [1.54, 1.807) is 0 Å². The molecule has 6 nitrogen and oxygen atoms in total. The van der Waals surface area contributed by atoms with E-state index in [0.717, 1.165) is 5.57 Å². The van der Waals surface area contributed by atoms with Crippen LogP contribution in [0.3, 0.4) is 0 Å². The standard InChI is InChI=1S/C15H18O6/c1-5-10-6-3-8(13(10)11(5)15(20)21-2)12(14(18)19)7(6)4-9(16)17/h6-8,10,12-13H,3-4H2,1-2H3,(H,16,17)(H,18,19). The number of esters is 1. The van der Waals surface area contributed by atoms with Crippen molar-refractivity contribution in [1.82, 2.24) is 0 Å². The predicted octanol–water partition coefficient (Wildman–Crippen LogP) is 1.16. The zero-order valence-electron chi connectivity index (χ0n) is 11.9. The van der Waals surface area contributed by atoms with Gasteiger partial charge in [0.25, 0.3) is 0 Å². The molecule has 2 N–H and O–H groups in total. The topological polar surface area (TPSA) is 101 Å². The summed E-state index contributed by atoms with van der Waals surface area (Å²) in [6.45, 7) is 1.88. The fourth-order valence-electron chi connectivity index (χ4n) is 5.12. The zero-order chi connectivity index (χ0) is 15.5. The lowest BCUT2D eigenvalue weighted by Crippen LogP contribution is -2.47. The van der Waals surface area contributed by atoms with Crippen LogP contribution in [0.5, 0.6) is 0 Å². The highest BCUT2D eigenvalue weighted by molar-refractivity contribution is 5.93. The largest absolute Gasteiger partial charge is 0.481 e. The summed E-state index contributed by atoms with van der Waals surface area (Å²) >= 11 is 0. The van der Waals surface area contributed by atoms with E-state index < -0.39 is 17.9 Å². The highest BCUT2D eigenvalue weighted by Crippen LogP contribution is 2.68. The fourth-order valence-corrected chi connectivity index (χ4v) is 5.12. The van der Waals surface area contributed by atoms with Gasteiger partial charge in [-0.1, -0.05) is 5.57 Å². The van der Waals surface area contributed by atoms with Gasteiger partial charge in [-0.15, -0.1) is 0 Å². The van der Waals surface area contributed by atoms with E-state index in [2.05, 4.69) is 0 Å². The Hall–Kier alpha value is -1.85. The number of ether oxygens (including phenoxy) is 1. The van der Waals surface area contributed by atoms with Crippen molar-refractivity contribution in [2.75, 3.05) is 7.11 Å². The van der Waals surface area contributed by atoms with Gasteiger partial charge in [0, 0.05) is 17.9 Å². The van der Waals surface area contributed by atoms with Crippen molar-refractivity contribution in [3.05, 3.63) is 11.1 Å². The summed E-state index contributed by atoms with van der Waals surface area (Å²) in [5, 5.41) is 18.5. The second-order valence-electron chi connectivity index (χ2n) is 6.33. The molecule has 114 valence electrons. The number of carbonyl (C=O) groups excluding carboxylic acids is 1. The zero-order valence-corrected chi connectivity index (χ0v) is 11.9. The molecule has 21 heavy (non-hydrogen) atoms. The highest BCUT2D eigenvalue weighted by Gasteiger charge is 2.66. The summed E-state index contributed by atoms with van der Waals surface area (Å²) in [7, 11) is 1.32. The Balaban J connectivity index is 1.94. The van der Waals surface area contributed by atoms with Gasteiger partial charge in [-0.2, -0.15) is 0 Å². The summed E-state index contributed by atoms with van der Waals surface area (Å²) in [5.41, 5.74) is 1.58. The first-order chi connectivity index (χ1) is 9.88. The van der Waals surface area contributed by atoms with Crippen LogP contribution in [0.1, 0.15) is 19.8 Å². The summed E-state index contributed by atoms with van der Waals surface area (Å²) in [4.78, 5) is 34.4. The lowest BCUT2D eigenvalue weighted by molar-refractivity contribution is -0.151. The Morgan fingerprint density at radius 1 is 1.19 bits per heavy atom. The predicted molar refractivity (Wildman–Crippen MR) is 70.2 cm³/mol. The molecule has 0 saturated heterocycles. The molecule has 0 aromatic carbocycles. The van der Waals surface area contributed by atoms with Gasteiger partial charge >= 0.3 is 17.9 Å². The Labute approximate surface area is 121 Å². The quantitative estimate of drug-likeness (QED) is 0.755. The first-order valence-electron chi connectivity index (χ1n) is 7.12. The maximum absolute atomic E-state index is 11.8. The molecule has 6 unspecified atom stereocenters. The third kappa shape index (κ3) is 1.74. The molecule has 6 heteroatoms. The summed E-state index contributed by atoms with van der Waals surface area (Å²) in [5.74, 6) is -3.26. The normalized spacial score (nSPS) is 39.7. The maximum atomic E-state index is 11.8. The maximum Gasteiger partial charge on any atom is 0.333 e. The SMILES string of the molecule is COC(=O)C1=C(C)C2C3CC(C(C(=O)O)C3CC(=O)O)C12. The molecule has 2 saturated carbocycles. The molecule has 3 aliphatic rings. The molecule has 3 rings (SSSR count). The van der Waals surface area contributed by atoms with Crippen molar-refractivity contribution in [3.8, 4) is 0 Å². The number of carboxylic acid groups (broad SMARTS) is 2. The van der Waals surface area contributed by atoms with Crippen LogP contribution in [0, 0.1) is 35.5 Å². The van der Waals surface area contributed by atoms with Gasteiger partial charge in [0.1, 0.15) is 0 Å². The lowest BCUT2D eigenvalue weighted by atomic mass is 9.56. The van der Waals surface area contributed by atoms with E-state index in [9.17, 15) is 19.5 Å². The van der Waals surface area contributed by atoms with Crippen LogP contribution < -0.4 is 0 Å². The Morgan fingerprint density at radius 3 is 2.38 bits per heavy atom. The van der Waals surface area contributed by atoms with Crippen LogP contribution in [0.2, 0.25) is 0 Å². The third-order valence-corrected chi connectivity index (χ3v) is 5.69. The molecular weight excluding hydrogens is 276 g/mol. The molecule has 0 aromatic heterocycles. The molecule has 0 spiro atoms. The summed E-state index contributed by atoms with van der Waals surface area (Å²) < 4.78 is 4.79. The minimum absolute atomic E-state index is 0.0607. The van der Waals surface area contributed by atoms with E-state index in [-0.39, 0.29) is 42.0 Å². The monoisotopic (exact) mass is 294 g/mol. The molecule has 6 atom stereocenters. The van der Waals surface area contributed by atoms with Crippen LogP contribution in [0.25, 0.3) is 0 Å². The van der Waals surface area contributed by atoms with Gasteiger partial charge in [0.15, 0.2) is 0 Å². The Morgan fingerprint density at radius 2 is 1.86 bits per heavy atom. The van der Waals surface area contributed by atoms with Gasteiger partial charge in [-0.3, -0.25) is 9.59 Å². The van der Waals surface area contributed by atoms with E-state index >= 15 is 0 Å². The van der Waals surface area contributed by atoms with E-state index in [4.69, 9.17) is 9.84 Å². The fraction of sp³-hybridized carbons (Fsp3) is 0.667. The molecule has 0 aromatic rings. The average molecular weight is 294 g/mol. The number of hydrogen-bond donors (Lipinski definition) is 2. The van der Waals surface area contributed by atoms with Gasteiger partial charge in [0.05, 0.1) is 13.0 Å². The number of fused-ring (bicyclic) bond motifs is 5. The van der Waals surface area contributed by atoms with E-state index in [0.29, 0.717) is 12.0 Å². The number of allylic oxidation sites excluding steroid dienone is 1. The van der Waals surface area contributed by atoms with Crippen molar-refractivity contribution in [3.63, 3.8) is 0 Å². The molecular formula is C15H18O6. The molecule has 2 fully saturated rings. The Bertz CT molecular complexity index is 563. The third-order valence-electron chi connectivity index (χ3n) is 5.69. The minimum atomic E-state index is -0.954. The van der Waals surface area contributed by atoms with E-state index in [1.165, 1.54) is 7.11 Å². The van der Waals surface area contributed by atoms with Crippen LogP contribution >= 0.6 is 0 Å². The number of aliphatic carboxylic acids is 2. The smallest absolute Gasteiger partial charge is 0.333 e. The lowest BCUT2D eigenvalue weighted by Gasteiger charge is -2.47.